The molecule has 0 fully saturated rings. The van der Waals surface area contributed by atoms with Crippen LogP contribution < -0.4 is 10.1 Å². The smallest absolute Gasteiger partial charge is 0.255 e. The molecule has 2 aromatic carbocycles. The van der Waals surface area contributed by atoms with Crippen molar-refractivity contribution in [1.29, 1.82) is 0 Å². The number of carbonyl (C=O) groups excluding carboxylic acids is 1. The number of carbonyl (C=O) groups is 1. The number of para-hydroxylation sites is 1. The Morgan fingerprint density at radius 1 is 1.10 bits per heavy atom. The highest BCUT2D eigenvalue weighted by molar-refractivity contribution is 14.2. The van der Waals surface area contributed by atoms with E-state index in [1.165, 1.54) is 20.1 Å². The number of fused-ring (bicyclic) bond motifs is 1. The van der Waals surface area contributed by atoms with E-state index in [0.717, 1.165) is 33.5 Å². The Morgan fingerprint density at radius 3 is 2.59 bits per heavy atom. The van der Waals surface area contributed by atoms with Crippen molar-refractivity contribution in [2.75, 3.05) is 26.5 Å². The van der Waals surface area contributed by atoms with Crippen LogP contribution in [0.4, 0.5) is 10.1 Å². The first-order chi connectivity index (χ1) is 18.9. The van der Waals surface area contributed by atoms with E-state index < -0.39 is 5.82 Å². The Morgan fingerprint density at radius 2 is 1.87 bits per heavy atom. The second kappa shape index (κ2) is 11.6. The Bertz CT molecular complexity index is 1660. The van der Waals surface area contributed by atoms with Crippen LogP contribution >= 0.6 is 30.3 Å². The Labute approximate surface area is 242 Å². The van der Waals surface area contributed by atoms with E-state index in [4.69, 9.17) is 9.72 Å². The van der Waals surface area contributed by atoms with Gasteiger partial charge >= 0.3 is 0 Å². The number of hydrogen-bond acceptors (Lipinski definition) is 6. The third-order valence-corrected chi connectivity index (χ3v) is 8.06. The highest BCUT2D eigenvalue weighted by atomic mass is 127. The number of ether oxygens (including phenoxy) is 1. The maximum Gasteiger partial charge on any atom is 0.255 e. The van der Waals surface area contributed by atoms with Gasteiger partial charge in [0, 0.05) is 97.8 Å². The highest BCUT2D eigenvalue weighted by Crippen LogP contribution is 2.40. The molecule has 0 bridgehead atoms. The van der Waals surface area contributed by atoms with Gasteiger partial charge in [0.1, 0.15) is 11.6 Å². The second-order valence-electron chi connectivity index (χ2n) is 9.02. The van der Waals surface area contributed by atoms with Gasteiger partial charge in [0.05, 0.1) is 18.4 Å². The summed E-state index contributed by atoms with van der Waals surface area (Å²) in [5, 5.41) is 4.00. The van der Waals surface area contributed by atoms with Crippen LogP contribution in [-0.2, 0) is 6.54 Å². The van der Waals surface area contributed by atoms with Crippen LogP contribution in [-0.4, -0.2) is 46.0 Å². The number of rotatable bonds is 8. The molecule has 0 aliphatic carbocycles. The molecule has 1 N–H and O–H groups in total. The highest BCUT2D eigenvalue weighted by Gasteiger charge is 2.21. The van der Waals surface area contributed by atoms with E-state index in [-0.39, 0.29) is 17.2 Å². The van der Waals surface area contributed by atoms with Gasteiger partial charge in [-0.05, 0) is 47.5 Å². The van der Waals surface area contributed by atoms with Crippen molar-refractivity contribution in [1.82, 2.24) is 18.8 Å². The second-order valence-corrected chi connectivity index (χ2v) is 10.7. The third kappa shape index (κ3) is 5.44. The number of hydrogen-bond donors (Lipinski definition) is 1. The van der Waals surface area contributed by atoms with Crippen LogP contribution in [0, 0.1) is 5.82 Å². The summed E-state index contributed by atoms with van der Waals surface area (Å²) < 4.78 is 23.2. The molecule has 1 amide bonds. The number of aromatic nitrogens is 3. The molecule has 198 valence electrons. The maximum atomic E-state index is 15.6. The molecule has 0 unspecified atom stereocenters. The zero-order valence-electron chi connectivity index (χ0n) is 21.5. The van der Waals surface area contributed by atoms with Gasteiger partial charge in [-0.2, -0.15) is 0 Å². The van der Waals surface area contributed by atoms with E-state index in [2.05, 4.69) is 31.5 Å². The molecule has 0 atom stereocenters. The van der Waals surface area contributed by atoms with Crippen LogP contribution in [0.1, 0.15) is 15.9 Å². The van der Waals surface area contributed by atoms with Gasteiger partial charge in [-0.1, -0.05) is 18.2 Å². The van der Waals surface area contributed by atoms with Gasteiger partial charge < -0.3 is 15.0 Å². The van der Waals surface area contributed by atoms with Crippen LogP contribution in [0.2, 0.25) is 0 Å². The fourth-order valence-corrected chi connectivity index (χ4v) is 5.68. The zero-order valence-corrected chi connectivity index (χ0v) is 24.5. The lowest BCUT2D eigenvalue weighted by Crippen LogP contribution is -2.23. The Balaban J connectivity index is 1.63. The molecule has 7 nitrogen and oxygen atoms in total. The summed E-state index contributed by atoms with van der Waals surface area (Å²) in [7, 11) is 6.45. The van der Waals surface area contributed by atoms with Crippen LogP contribution in [0.3, 0.4) is 0 Å². The summed E-state index contributed by atoms with van der Waals surface area (Å²) in [4.78, 5) is 23.3. The van der Waals surface area contributed by atoms with E-state index in [0.29, 0.717) is 17.7 Å². The summed E-state index contributed by atoms with van der Waals surface area (Å²) in [6.45, 7) is 0.351. The van der Waals surface area contributed by atoms with Crippen molar-refractivity contribution in [3.8, 4) is 28.0 Å². The molecule has 3 aromatic heterocycles. The molecule has 0 spiro atoms. The van der Waals surface area contributed by atoms with Gasteiger partial charge in [0.25, 0.3) is 5.91 Å². The predicted octanol–water partition coefficient (Wildman–Crippen LogP) is 7.07. The lowest BCUT2D eigenvalue weighted by Gasteiger charge is -2.18. The molecule has 0 aliphatic heterocycles. The SMILES string of the molecule is COc1ccccc1-c1cn(SI)c2ncc(-c3cc(F)c(NCc4ccncc4)c(C(=O)N(C)C)c3)cc12. The summed E-state index contributed by atoms with van der Waals surface area (Å²) >= 11 is 2.22. The molecular weight excluding hydrogens is 628 g/mol. The molecule has 39 heavy (non-hydrogen) atoms. The lowest BCUT2D eigenvalue weighted by molar-refractivity contribution is 0.0828. The molecule has 0 saturated carbocycles. The number of pyridine rings is 2. The zero-order chi connectivity index (χ0) is 27.5. The minimum atomic E-state index is -0.516. The van der Waals surface area contributed by atoms with Crippen LogP contribution in [0.25, 0.3) is 33.3 Å². The Hall–Kier alpha value is -3.64. The van der Waals surface area contributed by atoms with Crippen LogP contribution in [0.5, 0.6) is 5.75 Å². The minimum Gasteiger partial charge on any atom is -0.496 e. The minimum absolute atomic E-state index is 0.158. The topological polar surface area (TPSA) is 72.3 Å². The number of methoxy groups -OCH3 is 1. The maximum absolute atomic E-state index is 15.6. The van der Waals surface area contributed by atoms with E-state index in [9.17, 15) is 4.79 Å². The fourth-order valence-electron chi connectivity index (χ4n) is 4.43. The molecule has 3 heterocycles. The van der Waals surface area contributed by atoms with Gasteiger partial charge in [-0.15, -0.1) is 0 Å². The number of halogens is 2. The van der Waals surface area contributed by atoms with Crippen molar-refractivity contribution < 1.29 is 13.9 Å². The first-order valence-corrected chi connectivity index (χ1v) is 15.3. The molecule has 5 rings (SSSR count). The standard InChI is InChI=1S/C29H25FIN5O2S/c1-35(2)29(37)23-12-19(14-25(30)27(23)33-15-18-8-10-32-11-9-18)20-13-22-24(17-36(39-31)28(22)34-16-20)21-6-4-5-7-26(21)38-3/h4-14,16-17,33H,15H2,1-3H3. The van der Waals surface area contributed by atoms with Crippen molar-refractivity contribution >= 4 is 53.0 Å². The van der Waals surface area contributed by atoms with E-state index in [1.54, 1.807) is 45.9 Å². The molecule has 0 aliphatic rings. The van der Waals surface area contributed by atoms with Crippen molar-refractivity contribution in [3.05, 3.63) is 96.3 Å². The van der Waals surface area contributed by atoms with E-state index in [1.807, 2.05) is 52.6 Å². The number of amides is 1. The van der Waals surface area contributed by atoms with Crippen molar-refractivity contribution in [2.24, 2.45) is 0 Å². The van der Waals surface area contributed by atoms with Gasteiger partial charge in [0.15, 0.2) is 5.65 Å². The first-order valence-electron chi connectivity index (χ1n) is 12.0. The normalized spacial score (nSPS) is 11.0. The predicted molar refractivity (Wildman–Crippen MR) is 164 cm³/mol. The molecule has 10 heteroatoms. The van der Waals surface area contributed by atoms with Gasteiger partial charge in [-0.25, -0.2) is 9.37 Å². The quantitative estimate of drug-likeness (QED) is 0.181. The van der Waals surface area contributed by atoms with Crippen LogP contribution in [0.15, 0.2) is 79.4 Å². The summed E-state index contributed by atoms with van der Waals surface area (Å²) in [6, 6.07) is 16.6. The summed E-state index contributed by atoms with van der Waals surface area (Å²) in [5.41, 5.74) is 5.23. The first kappa shape index (κ1) is 26.9. The molecule has 0 radical (unpaired) electrons. The number of benzene rings is 2. The number of nitrogens with zero attached hydrogens (tertiary/aromatic N) is 4. The van der Waals surface area contributed by atoms with Gasteiger partial charge in [-0.3, -0.25) is 13.8 Å². The largest absolute Gasteiger partial charge is 0.496 e. The summed E-state index contributed by atoms with van der Waals surface area (Å²) in [6.07, 6.45) is 7.08. The molecule has 0 saturated heterocycles. The van der Waals surface area contributed by atoms with Crippen molar-refractivity contribution in [3.63, 3.8) is 0 Å². The number of anilines is 1. The molecule has 5 aromatic rings. The fraction of sp³-hybridized carbons (Fsp3) is 0.138. The van der Waals surface area contributed by atoms with Crippen molar-refractivity contribution in [2.45, 2.75) is 6.54 Å². The molecular formula is C29H25FIN5O2S. The Kier molecular flexibility index (Phi) is 8.03. The lowest BCUT2D eigenvalue weighted by atomic mass is 9.99. The number of nitrogens with one attached hydrogen (secondary N) is 1. The third-order valence-electron chi connectivity index (χ3n) is 6.36. The monoisotopic (exact) mass is 653 g/mol. The average Bonchev–Trinajstić information content (AvgIpc) is 3.34. The van der Waals surface area contributed by atoms with E-state index >= 15 is 4.39 Å². The van der Waals surface area contributed by atoms with Gasteiger partial charge in [0.2, 0.25) is 0 Å². The average molecular weight is 654 g/mol. The summed E-state index contributed by atoms with van der Waals surface area (Å²) in [5.74, 6) is -0.0728.